The van der Waals surface area contributed by atoms with Gasteiger partial charge in [-0.25, -0.2) is 4.79 Å². The summed E-state index contributed by atoms with van der Waals surface area (Å²) in [6, 6.07) is 11.3. The average Bonchev–Trinajstić information content (AvgIpc) is 3.28. The van der Waals surface area contributed by atoms with E-state index in [0.29, 0.717) is 29.4 Å². The smallest absolute Gasteiger partial charge is 0.339 e. The number of aromatic amines is 1. The minimum absolute atomic E-state index is 0.00948. The lowest BCUT2D eigenvalue weighted by molar-refractivity contribution is -0.118. The molecule has 3 aromatic rings. The second-order valence-electron chi connectivity index (χ2n) is 6.35. The Balaban J connectivity index is 1.75. The van der Waals surface area contributed by atoms with Gasteiger partial charge in [0.1, 0.15) is 5.69 Å². The van der Waals surface area contributed by atoms with Gasteiger partial charge >= 0.3 is 5.97 Å². The van der Waals surface area contributed by atoms with E-state index in [2.05, 4.69) is 20.7 Å². The first-order valence-corrected chi connectivity index (χ1v) is 9.52. The number of methoxy groups -OCH3 is 1. The molecular formula is C21H21N5O6. The Morgan fingerprint density at radius 2 is 1.84 bits per heavy atom. The fourth-order valence-corrected chi connectivity index (χ4v) is 2.86. The minimum atomic E-state index is -0.726. The van der Waals surface area contributed by atoms with Crippen LogP contribution >= 0.6 is 0 Å². The van der Waals surface area contributed by atoms with E-state index in [9.17, 15) is 14.4 Å². The third-order valence-electron chi connectivity index (χ3n) is 4.26. The maximum absolute atomic E-state index is 12.4. The summed E-state index contributed by atoms with van der Waals surface area (Å²) in [5.74, 6) is -1.14. The number of hydrogen-bond donors (Lipinski definition) is 3. The Morgan fingerprint density at radius 1 is 1.06 bits per heavy atom. The highest BCUT2D eigenvalue weighted by atomic mass is 16.5. The molecule has 1 heterocycles. The Morgan fingerprint density at radius 3 is 2.56 bits per heavy atom. The Bertz CT molecular complexity index is 1140. The number of carbonyl (C=O) groups is 3. The normalized spacial score (nSPS) is 10.3. The molecule has 0 spiro atoms. The van der Waals surface area contributed by atoms with Crippen molar-refractivity contribution in [3.63, 3.8) is 0 Å². The van der Waals surface area contributed by atoms with Gasteiger partial charge in [0.25, 0.3) is 11.8 Å². The number of rotatable bonds is 9. The predicted molar refractivity (Wildman–Crippen MR) is 113 cm³/mol. The van der Waals surface area contributed by atoms with E-state index in [4.69, 9.17) is 19.9 Å². The summed E-state index contributed by atoms with van der Waals surface area (Å²) in [4.78, 5) is 35.8. The number of benzene rings is 2. The van der Waals surface area contributed by atoms with Crippen LogP contribution < -0.4 is 20.5 Å². The summed E-state index contributed by atoms with van der Waals surface area (Å²) in [7, 11) is 1.26. The van der Waals surface area contributed by atoms with Crippen LogP contribution in [0.15, 0.2) is 42.5 Å². The van der Waals surface area contributed by atoms with E-state index < -0.39 is 17.8 Å². The van der Waals surface area contributed by atoms with E-state index in [1.807, 2.05) is 0 Å². The monoisotopic (exact) mass is 439 g/mol. The molecule has 0 unspecified atom stereocenters. The summed E-state index contributed by atoms with van der Waals surface area (Å²) in [5, 5.41) is 12.7. The van der Waals surface area contributed by atoms with Gasteiger partial charge in [-0.05, 0) is 37.3 Å². The SMILES string of the molecule is CCOc1cc(-c2n[nH]nc2C(N)=O)ccc1OCC(=O)Nc1ccccc1C(=O)OC. The maximum Gasteiger partial charge on any atom is 0.339 e. The Hall–Kier alpha value is -4.41. The fourth-order valence-electron chi connectivity index (χ4n) is 2.86. The first-order valence-electron chi connectivity index (χ1n) is 9.52. The molecule has 0 aliphatic carbocycles. The number of anilines is 1. The first kappa shape index (κ1) is 22.3. The molecule has 11 heteroatoms. The van der Waals surface area contributed by atoms with Crippen LogP contribution in [-0.2, 0) is 9.53 Å². The number of carbonyl (C=O) groups excluding carboxylic acids is 3. The molecule has 2 aromatic carbocycles. The van der Waals surface area contributed by atoms with Crippen LogP contribution in [0.3, 0.4) is 0 Å². The lowest BCUT2D eigenvalue weighted by atomic mass is 10.1. The van der Waals surface area contributed by atoms with Crippen LogP contribution in [0.25, 0.3) is 11.3 Å². The lowest BCUT2D eigenvalue weighted by Gasteiger charge is -2.14. The molecule has 0 fully saturated rings. The third-order valence-corrected chi connectivity index (χ3v) is 4.26. The van der Waals surface area contributed by atoms with Gasteiger partial charge in [-0.15, -0.1) is 0 Å². The van der Waals surface area contributed by atoms with Gasteiger partial charge in [0.2, 0.25) is 0 Å². The second-order valence-corrected chi connectivity index (χ2v) is 6.35. The van der Waals surface area contributed by atoms with Crippen molar-refractivity contribution < 1.29 is 28.6 Å². The number of primary amides is 1. The van der Waals surface area contributed by atoms with E-state index >= 15 is 0 Å². The Kier molecular flexibility index (Phi) is 7.01. The maximum atomic E-state index is 12.4. The van der Waals surface area contributed by atoms with Crippen molar-refractivity contribution in [2.45, 2.75) is 6.92 Å². The summed E-state index contributed by atoms with van der Waals surface area (Å²) in [5.41, 5.74) is 6.63. The molecule has 4 N–H and O–H groups in total. The molecule has 0 radical (unpaired) electrons. The molecule has 2 amide bonds. The van der Waals surface area contributed by atoms with Crippen LogP contribution in [0.1, 0.15) is 27.8 Å². The third kappa shape index (κ3) is 5.01. The molecule has 0 saturated carbocycles. The topological polar surface area (TPSA) is 159 Å². The number of esters is 1. The molecule has 0 aliphatic heterocycles. The highest BCUT2D eigenvalue weighted by Gasteiger charge is 2.18. The van der Waals surface area contributed by atoms with Gasteiger partial charge in [-0.3, -0.25) is 9.59 Å². The molecule has 1 aromatic heterocycles. The summed E-state index contributed by atoms with van der Waals surface area (Å²) in [6.45, 7) is 1.78. The van der Waals surface area contributed by atoms with E-state index in [-0.39, 0.29) is 23.6 Å². The predicted octanol–water partition coefficient (Wildman–Crippen LogP) is 1.77. The molecule has 3 rings (SSSR count). The van der Waals surface area contributed by atoms with Gasteiger partial charge < -0.3 is 25.3 Å². The van der Waals surface area contributed by atoms with Crippen molar-refractivity contribution in [2.75, 3.05) is 25.6 Å². The van der Waals surface area contributed by atoms with Crippen LogP contribution in [-0.4, -0.2) is 53.5 Å². The van der Waals surface area contributed by atoms with Gasteiger partial charge in [-0.1, -0.05) is 12.1 Å². The number of nitrogens with one attached hydrogen (secondary N) is 2. The molecule has 0 aliphatic rings. The molecule has 11 nitrogen and oxygen atoms in total. The van der Waals surface area contributed by atoms with E-state index in [1.54, 1.807) is 49.4 Å². The highest BCUT2D eigenvalue weighted by Crippen LogP contribution is 2.33. The van der Waals surface area contributed by atoms with Crippen molar-refractivity contribution in [2.24, 2.45) is 5.73 Å². The first-order chi connectivity index (χ1) is 15.4. The quantitative estimate of drug-likeness (QED) is 0.426. The second kappa shape index (κ2) is 10.1. The number of aromatic nitrogens is 3. The van der Waals surface area contributed by atoms with Crippen molar-refractivity contribution >= 4 is 23.5 Å². The molecule has 166 valence electrons. The number of amides is 2. The largest absolute Gasteiger partial charge is 0.490 e. The van der Waals surface area contributed by atoms with Crippen LogP contribution in [0.2, 0.25) is 0 Å². The standard InChI is InChI=1S/C21H21N5O6/c1-3-31-16-10-12(18-19(20(22)28)25-26-24-18)8-9-15(16)32-11-17(27)23-14-7-5-4-6-13(14)21(29)30-2/h4-10H,3,11H2,1-2H3,(H2,22,28)(H,23,27)(H,24,25,26). The van der Waals surface area contributed by atoms with Crippen LogP contribution in [0, 0.1) is 0 Å². The zero-order valence-corrected chi connectivity index (χ0v) is 17.4. The summed E-state index contributed by atoms with van der Waals surface area (Å²) < 4.78 is 15.9. The number of nitrogens with two attached hydrogens (primary N) is 1. The van der Waals surface area contributed by atoms with Crippen molar-refractivity contribution in [1.82, 2.24) is 15.4 Å². The molecule has 0 atom stereocenters. The number of para-hydroxylation sites is 1. The minimum Gasteiger partial charge on any atom is -0.490 e. The average molecular weight is 439 g/mol. The zero-order chi connectivity index (χ0) is 23.1. The van der Waals surface area contributed by atoms with Crippen LogP contribution in [0.4, 0.5) is 5.69 Å². The Labute approximate surface area is 182 Å². The van der Waals surface area contributed by atoms with Crippen molar-refractivity contribution in [1.29, 1.82) is 0 Å². The highest BCUT2D eigenvalue weighted by molar-refractivity contribution is 6.01. The molecule has 0 saturated heterocycles. The van der Waals surface area contributed by atoms with E-state index in [0.717, 1.165) is 0 Å². The van der Waals surface area contributed by atoms with Crippen molar-refractivity contribution in [3.8, 4) is 22.8 Å². The molecule has 32 heavy (non-hydrogen) atoms. The number of nitrogens with zero attached hydrogens (tertiary/aromatic N) is 2. The zero-order valence-electron chi connectivity index (χ0n) is 17.4. The summed E-state index contributed by atoms with van der Waals surface area (Å²) in [6.07, 6.45) is 0. The number of H-pyrrole nitrogens is 1. The van der Waals surface area contributed by atoms with Crippen LogP contribution in [0.5, 0.6) is 11.5 Å². The van der Waals surface area contributed by atoms with Gasteiger partial charge in [0.15, 0.2) is 23.8 Å². The van der Waals surface area contributed by atoms with Gasteiger partial charge in [-0.2, -0.15) is 15.4 Å². The number of hydrogen-bond acceptors (Lipinski definition) is 8. The molecule has 0 bridgehead atoms. The molecular weight excluding hydrogens is 418 g/mol. The lowest BCUT2D eigenvalue weighted by Crippen LogP contribution is -2.22. The van der Waals surface area contributed by atoms with E-state index in [1.165, 1.54) is 7.11 Å². The van der Waals surface area contributed by atoms with Gasteiger partial charge in [0.05, 0.1) is 25.0 Å². The summed E-state index contributed by atoms with van der Waals surface area (Å²) >= 11 is 0. The number of ether oxygens (including phenoxy) is 3. The van der Waals surface area contributed by atoms with Gasteiger partial charge in [0, 0.05) is 5.56 Å². The van der Waals surface area contributed by atoms with Crippen molar-refractivity contribution in [3.05, 3.63) is 53.7 Å². The fraction of sp³-hybridized carbons (Fsp3) is 0.190.